The molecular formula is C33H32O7. The zero-order chi connectivity index (χ0) is 28.8. The molecule has 4 atom stereocenters. The minimum Gasteiger partial charge on any atom is -0.507 e. The monoisotopic (exact) mass is 540 g/mol. The molecule has 0 saturated heterocycles. The maximum absolute atomic E-state index is 14.2. The van der Waals surface area contributed by atoms with Crippen LogP contribution in [0.5, 0.6) is 17.2 Å². The molecule has 40 heavy (non-hydrogen) atoms. The molecular weight excluding hydrogens is 508 g/mol. The van der Waals surface area contributed by atoms with E-state index < -0.39 is 46.1 Å². The number of Topliss-reactive ketones (excluding diaryl/α,β-unsaturated/α-hetero) is 3. The topological polar surface area (TPSA) is 110 Å². The third-order valence-corrected chi connectivity index (χ3v) is 9.14. The van der Waals surface area contributed by atoms with Gasteiger partial charge in [-0.15, -0.1) is 0 Å². The van der Waals surface area contributed by atoms with Gasteiger partial charge in [0.15, 0.2) is 17.3 Å². The van der Waals surface area contributed by atoms with Crippen molar-refractivity contribution >= 4 is 17.3 Å². The molecule has 1 aliphatic carbocycles. The molecule has 7 heteroatoms. The average Bonchev–Trinajstić information content (AvgIpc) is 2.94. The average molecular weight is 541 g/mol. The van der Waals surface area contributed by atoms with Gasteiger partial charge in [-0.25, -0.2) is 0 Å². The van der Waals surface area contributed by atoms with Crippen LogP contribution in [0.1, 0.15) is 78.7 Å². The van der Waals surface area contributed by atoms with Crippen molar-refractivity contribution in [3.05, 3.63) is 88.5 Å². The number of fused-ring (bicyclic) bond motifs is 4. The summed E-state index contributed by atoms with van der Waals surface area (Å²) in [5.41, 5.74) is -0.718. The fourth-order valence-electron chi connectivity index (χ4n) is 6.87. The van der Waals surface area contributed by atoms with Crippen molar-refractivity contribution in [1.29, 1.82) is 0 Å². The summed E-state index contributed by atoms with van der Waals surface area (Å²) in [6.07, 6.45) is -0.596. The fourth-order valence-corrected chi connectivity index (χ4v) is 6.87. The second-order valence-electron chi connectivity index (χ2n) is 12.2. The van der Waals surface area contributed by atoms with Crippen LogP contribution in [0, 0.1) is 23.7 Å². The number of carbonyl (C=O) groups excluding carboxylic acids is 3. The van der Waals surface area contributed by atoms with Crippen LogP contribution in [-0.2, 0) is 9.59 Å². The van der Waals surface area contributed by atoms with Crippen LogP contribution in [0.25, 0.3) is 0 Å². The third kappa shape index (κ3) is 3.30. The molecule has 0 amide bonds. The Hall–Kier alpha value is -3.97. The van der Waals surface area contributed by atoms with Crippen LogP contribution in [0.3, 0.4) is 0 Å². The molecule has 7 nitrogen and oxygen atoms in total. The van der Waals surface area contributed by atoms with Crippen LogP contribution in [0.15, 0.2) is 60.7 Å². The number of benzene rings is 3. The number of aliphatic hydroxyl groups is 1. The zero-order valence-corrected chi connectivity index (χ0v) is 23.1. The summed E-state index contributed by atoms with van der Waals surface area (Å²) in [6, 6.07) is 18.5. The van der Waals surface area contributed by atoms with Gasteiger partial charge in [0, 0.05) is 17.0 Å². The van der Waals surface area contributed by atoms with Gasteiger partial charge < -0.3 is 19.7 Å². The number of hydrogen-bond donors (Lipinski definition) is 2. The van der Waals surface area contributed by atoms with E-state index in [9.17, 15) is 24.6 Å². The quantitative estimate of drug-likeness (QED) is 0.417. The first kappa shape index (κ1) is 26.3. The smallest absolute Gasteiger partial charge is 0.231 e. The molecule has 2 heterocycles. The summed E-state index contributed by atoms with van der Waals surface area (Å²) >= 11 is 0. The van der Waals surface area contributed by atoms with E-state index in [1.54, 1.807) is 34.6 Å². The molecule has 206 valence electrons. The molecule has 0 radical (unpaired) electrons. The van der Waals surface area contributed by atoms with E-state index in [0.717, 1.165) is 5.56 Å². The van der Waals surface area contributed by atoms with E-state index in [-0.39, 0.29) is 40.6 Å². The molecule has 0 unspecified atom stereocenters. The number of rotatable bonds is 2. The van der Waals surface area contributed by atoms with Crippen molar-refractivity contribution in [1.82, 2.24) is 0 Å². The second-order valence-corrected chi connectivity index (χ2v) is 12.2. The van der Waals surface area contributed by atoms with Gasteiger partial charge in [0.2, 0.25) is 5.79 Å². The number of ether oxygens (including phenoxy) is 2. The maximum Gasteiger partial charge on any atom is 0.231 e. The Morgan fingerprint density at radius 3 is 2.02 bits per heavy atom. The number of phenolic OH excluding ortho intramolecular Hbond substituents is 1. The maximum atomic E-state index is 14.2. The second kappa shape index (κ2) is 8.51. The molecule has 0 spiro atoms. The lowest BCUT2D eigenvalue weighted by Gasteiger charge is -2.57. The first-order valence-corrected chi connectivity index (χ1v) is 13.5. The first-order chi connectivity index (χ1) is 18.8. The molecule has 1 saturated carbocycles. The Labute approximate surface area is 232 Å². The Morgan fingerprint density at radius 1 is 0.850 bits per heavy atom. The predicted molar refractivity (Wildman–Crippen MR) is 147 cm³/mol. The Kier molecular flexibility index (Phi) is 5.59. The van der Waals surface area contributed by atoms with Crippen molar-refractivity contribution in [2.24, 2.45) is 16.7 Å². The molecule has 0 aromatic heterocycles. The van der Waals surface area contributed by atoms with E-state index in [0.29, 0.717) is 11.1 Å². The highest BCUT2D eigenvalue weighted by molar-refractivity contribution is 6.13. The minimum absolute atomic E-state index is 0.0283. The normalized spacial score (nSPS) is 28.1. The van der Waals surface area contributed by atoms with Crippen molar-refractivity contribution in [2.75, 3.05) is 0 Å². The van der Waals surface area contributed by atoms with Crippen molar-refractivity contribution in [2.45, 2.75) is 58.8 Å². The summed E-state index contributed by atoms with van der Waals surface area (Å²) in [7, 11) is 0. The van der Waals surface area contributed by atoms with Gasteiger partial charge >= 0.3 is 0 Å². The molecule has 6 rings (SSSR count). The molecule has 3 aromatic rings. The van der Waals surface area contributed by atoms with Gasteiger partial charge in [0.1, 0.15) is 28.9 Å². The molecule has 3 aliphatic rings. The highest BCUT2D eigenvalue weighted by Gasteiger charge is 2.71. The van der Waals surface area contributed by atoms with Crippen molar-refractivity contribution in [3.8, 4) is 17.2 Å². The van der Waals surface area contributed by atoms with Gasteiger partial charge in [-0.1, -0.05) is 60.7 Å². The molecule has 2 aliphatic heterocycles. The van der Waals surface area contributed by atoms with Gasteiger partial charge in [-0.2, -0.15) is 0 Å². The van der Waals surface area contributed by atoms with Crippen LogP contribution >= 0.6 is 0 Å². The van der Waals surface area contributed by atoms with Gasteiger partial charge in [-0.3, -0.25) is 14.4 Å². The summed E-state index contributed by atoms with van der Waals surface area (Å²) < 4.78 is 12.9. The third-order valence-electron chi connectivity index (χ3n) is 9.14. The largest absolute Gasteiger partial charge is 0.507 e. The summed E-state index contributed by atoms with van der Waals surface area (Å²) in [4.78, 5) is 41.5. The zero-order valence-electron chi connectivity index (χ0n) is 23.1. The van der Waals surface area contributed by atoms with E-state index in [4.69, 9.17) is 9.47 Å². The first-order valence-electron chi connectivity index (χ1n) is 13.5. The molecule has 2 N–H and O–H groups in total. The lowest BCUT2D eigenvalue weighted by molar-refractivity contribution is -0.260. The SMILES string of the molecule is Cc1c(O)c2c(c3c1O[C@@]1(O)[C@H](C(=O)C(C)(C)C(=O)C1(C)C)[C@@H]3c1ccccc1)O[C@H](c1ccccc1)CC2=O. The molecule has 3 aromatic carbocycles. The summed E-state index contributed by atoms with van der Waals surface area (Å²) in [6.45, 7) is 7.94. The molecule has 1 fully saturated rings. The van der Waals surface area contributed by atoms with Crippen molar-refractivity contribution < 1.29 is 34.1 Å². The van der Waals surface area contributed by atoms with Crippen LogP contribution < -0.4 is 9.47 Å². The van der Waals surface area contributed by atoms with Crippen molar-refractivity contribution in [3.63, 3.8) is 0 Å². The lowest BCUT2D eigenvalue weighted by Crippen LogP contribution is -2.71. The lowest BCUT2D eigenvalue weighted by atomic mass is 9.51. The fraction of sp³-hybridized carbons (Fsp3) is 0.364. The van der Waals surface area contributed by atoms with E-state index >= 15 is 0 Å². The Morgan fingerprint density at radius 2 is 1.43 bits per heavy atom. The number of phenols is 1. The Balaban J connectivity index is 1.69. The Bertz CT molecular complexity index is 1570. The van der Waals surface area contributed by atoms with E-state index in [1.165, 1.54) is 0 Å². The predicted octanol–water partition coefficient (Wildman–Crippen LogP) is 5.44. The van der Waals surface area contributed by atoms with Crippen LogP contribution in [0.2, 0.25) is 0 Å². The van der Waals surface area contributed by atoms with E-state index in [2.05, 4.69) is 0 Å². The van der Waals surface area contributed by atoms with Gasteiger partial charge in [0.25, 0.3) is 0 Å². The minimum atomic E-state index is -2.23. The van der Waals surface area contributed by atoms with Crippen LogP contribution in [-0.4, -0.2) is 33.3 Å². The van der Waals surface area contributed by atoms with Gasteiger partial charge in [0.05, 0.1) is 23.2 Å². The van der Waals surface area contributed by atoms with Gasteiger partial charge in [-0.05, 0) is 45.7 Å². The number of ketones is 3. The summed E-state index contributed by atoms with van der Waals surface area (Å²) in [5, 5.41) is 23.6. The highest BCUT2D eigenvalue weighted by atomic mass is 16.6. The van der Waals surface area contributed by atoms with Crippen LogP contribution in [0.4, 0.5) is 0 Å². The highest BCUT2D eigenvalue weighted by Crippen LogP contribution is 2.63. The summed E-state index contributed by atoms with van der Waals surface area (Å²) in [5.74, 6) is -5.50. The number of hydrogen-bond acceptors (Lipinski definition) is 7. The molecule has 0 bridgehead atoms. The van der Waals surface area contributed by atoms with E-state index in [1.807, 2.05) is 60.7 Å². The number of carbonyl (C=O) groups is 3. The standard InChI is InChI=1S/C33H32O7/c1-17-26(35)23-20(34)16-21(18-12-8-6-9-13-18)39-28(23)24-22(19-14-10-7-11-15-19)25-29(36)31(2,3)30(37)32(4,5)33(25,38)40-27(17)24/h6-15,21-22,25,35,38H,16H2,1-5H3/t21-,22+,25-,33-/m0/s1. The number of aromatic hydroxyl groups is 1.